The minimum absolute atomic E-state index is 0. The second-order valence-electron chi connectivity index (χ2n) is 1.86. The van der Waals surface area contributed by atoms with Crippen LogP contribution in [0.3, 0.4) is 0 Å². The van der Waals surface area contributed by atoms with E-state index in [0.29, 0.717) is 0 Å². The van der Waals surface area contributed by atoms with Crippen LogP contribution in [-0.2, 0) is 0 Å². The number of nitrogens with zero attached hydrogens (tertiary/aromatic N) is 1. The predicted octanol–water partition coefficient (Wildman–Crippen LogP) is -3.70. The molecule has 0 saturated heterocycles. The molecule has 0 heterocycles. The Kier molecular flexibility index (Phi) is 11.6. The molecule has 8 heavy (non-hydrogen) atoms. The van der Waals surface area contributed by atoms with Gasteiger partial charge in [0.05, 0.1) is 0 Å². The molecule has 2 nitrogen and oxygen atoms in total. The first-order chi connectivity index (χ1) is 3.27. The summed E-state index contributed by atoms with van der Waals surface area (Å²) in [6.07, 6.45) is 0.771. The van der Waals surface area contributed by atoms with Gasteiger partial charge in [0.1, 0.15) is 0 Å². The Hall–Kier alpha value is 0.920. The first-order valence-electron chi connectivity index (χ1n) is 2.50. The van der Waals surface area contributed by atoms with Crippen LogP contribution in [0.25, 0.3) is 0 Å². The van der Waals surface area contributed by atoms with E-state index in [1.54, 1.807) is 0 Å². The van der Waals surface area contributed by atoms with Gasteiger partial charge in [-0.05, 0) is 20.6 Å². The van der Waals surface area contributed by atoms with Gasteiger partial charge in [-0.15, -0.1) is 6.61 Å². The van der Waals surface area contributed by atoms with Crippen LogP contribution < -0.4 is 34.7 Å². The van der Waals surface area contributed by atoms with Crippen molar-refractivity contribution in [3.8, 4) is 0 Å². The summed E-state index contributed by atoms with van der Waals surface area (Å²) >= 11 is 0. The van der Waals surface area contributed by atoms with Gasteiger partial charge in [-0.1, -0.05) is 6.42 Å². The molecule has 0 bridgehead atoms. The molecule has 0 amide bonds. The average molecular weight is 125 g/mol. The Labute approximate surface area is 73.2 Å². The molecule has 0 aromatic carbocycles. The fourth-order valence-corrected chi connectivity index (χ4v) is 0.381. The summed E-state index contributed by atoms with van der Waals surface area (Å²) in [5.74, 6) is 0. The van der Waals surface area contributed by atoms with Gasteiger partial charge in [-0.2, -0.15) is 0 Å². The van der Waals surface area contributed by atoms with Crippen molar-refractivity contribution in [2.24, 2.45) is 0 Å². The van der Waals surface area contributed by atoms with Gasteiger partial charge >= 0.3 is 29.6 Å². The van der Waals surface area contributed by atoms with Crippen molar-refractivity contribution in [1.29, 1.82) is 0 Å². The first-order valence-corrected chi connectivity index (χ1v) is 2.50. The average Bonchev–Trinajstić information content (AvgIpc) is 1.61. The summed E-state index contributed by atoms with van der Waals surface area (Å²) in [5.41, 5.74) is 0. The molecular formula is C5H12NNaO. The van der Waals surface area contributed by atoms with E-state index in [0.717, 1.165) is 13.0 Å². The van der Waals surface area contributed by atoms with Crippen LogP contribution >= 0.6 is 0 Å². The van der Waals surface area contributed by atoms with Gasteiger partial charge in [0.25, 0.3) is 0 Å². The molecule has 0 radical (unpaired) electrons. The standard InChI is InChI=1S/C5H12NO.Na/c1-6(2)4-3-5-7;/h3-5H2,1-2H3;/q-1;+1. The third kappa shape index (κ3) is 10.0. The fraction of sp³-hybridized carbons (Fsp3) is 1.00. The zero-order chi connectivity index (χ0) is 5.70. The minimum atomic E-state index is 0. The zero-order valence-electron chi connectivity index (χ0n) is 5.98. The normalized spacial score (nSPS) is 9.00. The maximum Gasteiger partial charge on any atom is 1.00 e. The largest absolute Gasteiger partial charge is 1.00 e. The predicted molar refractivity (Wildman–Crippen MR) is 28.0 cm³/mol. The van der Waals surface area contributed by atoms with E-state index >= 15 is 0 Å². The van der Waals surface area contributed by atoms with Crippen LogP contribution in [0.15, 0.2) is 0 Å². The monoisotopic (exact) mass is 125 g/mol. The topological polar surface area (TPSA) is 26.3 Å². The van der Waals surface area contributed by atoms with Crippen molar-refractivity contribution < 1.29 is 34.7 Å². The van der Waals surface area contributed by atoms with Crippen molar-refractivity contribution in [3.05, 3.63) is 0 Å². The van der Waals surface area contributed by atoms with Crippen LogP contribution in [0.2, 0.25) is 0 Å². The Morgan fingerprint density at radius 3 is 2.00 bits per heavy atom. The summed E-state index contributed by atoms with van der Waals surface area (Å²) in [4.78, 5) is 2.01. The van der Waals surface area contributed by atoms with E-state index in [4.69, 9.17) is 0 Å². The fourth-order valence-electron chi connectivity index (χ4n) is 0.381. The van der Waals surface area contributed by atoms with Crippen LogP contribution in [0.1, 0.15) is 6.42 Å². The molecule has 3 heteroatoms. The third-order valence-electron chi connectivity index (χ3n) is 0.750. The summed E-state index contributed by atoms with van der Waals surface area (Å²) in [5, 5.41) is 9.81. The molecule has 0 unspecified atom stereocenters. The van der Waals surface area contributed by atoms with Crippen molar-refractivity contribution in [3.63, 3.8) is 0 Å². The first kappa shape index (κ1) is 11.7. The van der Waals surface area contributed by atoms with Crippen LogP contribution in [0.4, 0.5) is 0 Å². The van der Waals surface area contributed by atoms with Gasteiger partial charge in [0.2, 0.25) is 0 Å². The molecule has 0 N–H and O–H groups in total. The summed E-state index contributed by atoms with van der Waals surface area (Å²) in [6, 6.07) is 0. The molecule has 44 valence electrons. The Balaban J connectivity index is 0. The van der Waals surface area contributed by atoms with Gasteiger partial charge < -0.3 is 10.0 Å². The smallest absolute Gasteiger partial charge is 0.854 e. The molecule has 0 aromatic heterocycles. The Morgan fingerprint density at radius 1 is 1.38 bits per heavy atom. The summed E-state index contributed by atoms with van der Waals surface area (Å²) < 4.78 is 0. The van der Waals surface area contributed by atoms with E-state index in [1.807, 2.05) is 19.0 Å². The van der Waals surface area contributed by atoms with Crippen molar-refractivity contribution in [2.75, 3.05) is 27.2 Å². The van der Waals surface area contributed by atoms with Crippen molar-refractivity contribution >= 4 is 0 Å². The molecule has 0 fully saturated rings. The molecular weight excluding hydrogens is 113 g/mol. The van der Waals surface area contributed by atoms with Gasteiger partial charge in [0.15, 0.2) is 0 Å². The van der Waals surface area contributed by atoms with Crippen LogP contribution in [0.5, 0.6) is 0 Å². The summed E-state index contributed by atoms with van der Waals surface area (Å²) in [6.45, 7) is 0.974. The number of rotatable bonds is 3. The number of hydrogen-bond acceptors (Lipinski definition) is 2. The molecule has 0 saturated carbocycles. The molecule has 0 aliphatic rings. The van der Waals surface area contributed by atoms with Crippen LogP contribution in [-0.4, -0.2) is 32.1 Å². The van der Waals surface area contributed by atoms with Gasteiger partial charge in [-0.3, -0.25) is 0 Å². The zero-order valence-corrected chi connectivity index (χ0v) is 7.98. The van der Waals surface area contributed by atoms with Crippen molar-refractivity contribution in [2.45, 2.75) is 6.42 Å². The van der Waals surface area contributed by atoms with Gasteiger partial charge in [-0.25, -0.2) is 0 Å². The van der Waals surface area contributed by atoms with E-state index < -0.39 is 0 Å². The van der Waals surface area contributed by atoms with Gasteiger partial charge in [0, 0.05) is 0 Å². The molecule has 0 atom stereocenters. The molecule has 0 aliphatic heterocycles. The number of hydrogen-bond donors (Lipinski definition) is 0. The van der Waals surface area contributed by atoms with E-state index in [2.05, 4.69) is 0 Å². The third-order valence-corrected chi connectivity index (χ3v) is 0.750. The van der Waals surface area contributed by atoms with Crippen LogP contribution in [0, 0.1) is 0 Å². The maximum atomic E-state index is 9.81. The molecule has 0 aromatic rings. The quantitative estimate of drug-likeness (QED) is 0.363. The SMILES string of the molecule is CN(C)CCC[O-].[Na+]. The minimum Gasteiger partial charge on any atom is -0.854 e. The maximum absolute atomic E-state index is 9.81. The molecule has 0 aliphatic carbocycles. The Bertz CT molecular complexity index is 41.4. The van der Waals surface area contributed by atoms with E-state index in [1.165, 1.54) is 0 Å². The molecule has 0 rings (SSSR count). The molecule has 0 spiro atoms. The Morgan fingerprint density at radius 2 is 1.88 bits per heavy atom. The second kappa shape index (κ2) is 7.92. The second-order valence-corrected chi connectivity index (χ2v) is 1.86. The van der Waals surface area contributed by atoms with Crippen molar-refractivity contribution in [1.82, 2.24) is 4.90 Å². The van der Waals surface area contributed by atoms with E-state index in [9.17, 15) is 5.11 Å². The van der Waals surface area contributed by atoms with E-state index in [-0.39, 0.29) is 36.2 Å². The summed E-state index contributed by atoms with van der Waals surface area (Å²) in [7, 11) is 3.94.